The maximum atomic E-state index is 13.1. The minimum absolute atomic E-state index is 0.209. The van der Waals surface area contributed by atoms with Crippen molar-refractivity contribution in [3.8, 4) is 5.75 Å². The van der Waals surface area contributed by atoms with Gasteiger partial charge in [-0.25, -0.2) is 9.37 Å². The standard InChI is InChI=1S/C25H21BrFN3O2/c1-2-4-24-29-23-12-9-19(26)14-22(23)25(31)30(24)28-15-18-5-3-6-21(13-18)32-16-17-7-10-20(27)11-8-17/h3,5-15H,2,4,16H2,1H3. The summed E-state index contributed by atoms with van der Waals surface area (Å²) < 4.78 is 21.0. The van der Waals surface area contributed by atoms with Crippen LogP contribution in [0.5, 0.6) is 5.75 Å². The fourth-order valence-electron chi connectivity index (χ4n) is 3.26. The number of hydrogen-bond acceptors (Lipinski definition) is 4. The van der Waals surface area contributed by atoms with Crippen LogP contribution < -0.4 is 10.3 Å². The van der Waals surface area contributed by atoms with Crippen LogP contribution in [0.1, 0.15) is 30.3 Å². The molecule has 1 aromatic heterocycles. The van der Waals surface area contributed by atoms with Gasteiger partial charge in [-0.2, -0.15) is 9.78 Å². The van der Waals surface area contributed by atoms with Crippen LogP contribution in [0.15, 0.2) is 81.1 Å². The molecule has 7 heteroatoms. The molecule has 0 aliphatic heterocycles. The van der Waals surface area contributed by atoms with Crippen molar-refractivity contribution in [1.82, 2.24) is 9.66 Å². The van der Waals surface area contributed by atoms with Crippen LogP contribution in [0.2, 0.25) is 0 Å². The van der Waals surface area contributed by atoms with Gasteiger partial charge in [0.05, 0.1) is 17.1 Å². The number of halogens is 2. The van der Waals surface area contributed by atoms with E-state index in [0.717, 1.165) is 22.0 Å². The van der Waals surface area contributed by atoms with Gasteiger partial charge in [0.15, 0.2) is 0 Å². The van der Waals surface area contributed by atoms with Gasteiger partial charge < -0.3 is 4.74 Å². The Hall–Kier alpha value is -3.32. The number of rotatable bonds is 7. The zero-order chi connectivity index (χ0) is 22.5. The first-order chi connectivity index (χ1) is 15.5. The number of ether oxygens (including phenoxy) is 1. The summed E-state index contributed by atoms with van der Waals surface area (Å²) in [4.78, 5) is 17.7. The van der Waals surface area contributed by atoms with Crippen LogP contribution in [-0.4, -0.2) is 15.9 Å². The van der Waals surface area contributed by atoms with Crippen molar-refractivity contribution < 1.29 is 9.13 Å². The monoisotopic (exact) mass is 493 g/mol. The Labute approximate surface area is 193 Å². The molecule has 0 saturated carbocycles. The van der Waals surface area contributed by atoms with E-state index in [1.807, 2.05) is 43.3 Å². The molecular formula is C25H21BrFN3O2. The van der Waals surface area contributed by atoms with E-state index >= 15 is 0 Å². The molecular weight excluding hydrogens is 473 g/mol. The maximum Gasteiger partial charge on any atom is 0.282 e. The molecule has 3 aromatic carbocycles. The minimum atomic E-state index is -0.278. The Bertz CT molecular complexity index is 1330. The van der Waals surface area contributed by atoms with E-state index in [1.54, 1.807) is 24.4 Å². The van der Waals surface area contributed by atoms with Gasteiger partial charge in [-0.1, -0.05) is 47.1 Å². The summed E-state index contributed by atoms with van der Waals surface area (Å²) >= 11 is 3.41. The van der Waals surface area contributed by atoms with Crippen molar-refractivity contribution in [3.63, 3.8) is 0 Å². The lowest BCUT2D eigenvalue weighted by molar-refractivity contribution is 0.306. The highest BCUT2D eigenvalue weighted by Gasteiger charge is 2.10. The van der Waals surface area contributed by atoms with Crippen molar-refractivity contribution in [2.24, 2.45) is 5.10 Å². The van der Waals surface area contributed by atoms with Crippen LogP contribution in [0.25, 0.3) is 10.9 Å². The lowest BCUT2D eigenvalue weighted by Crippen LogP contribution is -2.22. The molecule has 0 amide bonds. The summed E-state index contributed by atoms with van der Waals surface area (Å²) in [5.74, 6) is 0.993. The van der Waals surface area contributed by atoms with E-state index in [1.165, 1.54) is 16.8 Å². The summed E-state index contributed by atoms with van der Waals surface area (Å²) in [5, 5.41) is 4.95. The summed E-state index contributed by atoms with van der Waals surface area (Å²) in [6, 6.07) is 19.1. The first-order valence-electron chi connectivity index (χ1n) is 10.3. The van der Waals surface area contributed by atoms with Gasteiger partial charge in [0, 0.05) is 10.9 Å². The Balaban J connectivity index is 1.60. The number of benzene rings is 3. The molecule has 0 N–H and O–H groups in total. The fourth-order valence-corrected chi connectivity index (χ4v) is 3.62. The highest BCUT2D eigenvalue weighted by Crippen LogP contribution is 2.17. The zero-order valence-electron chi connectivity index (χ0n) is 17.5. The summed E-state index contributed by atoms with van der Waals surface area (Å²) in [6.07, 6.45) is 3.10. The largest absolute Gasteiger partial charge is 0.489 e. The number of fused-ring (bicyclic) bond motifs is 1. The van der Waals surface area contributed by atoms with Crippen molar-refractivity contribution in [1.29, 1.82) is 0 Å². The van der Waals surface area contributed by atoms with Crippen molar-refractivity contribution in [2.75, 3.05) is 0 Å². The molecule has 0 saturated heterocycles. The van der Waals surface area contributed by atoms with Crippen molar-refractivity contribution in [2.45, 2.75) is 26.4 Å². The van der Waals surface area contributed by atoms with Crippen LogP contribution in [-0.2, 0) is 13.0 Å². The van der Waals surface area contributed by atoms with E-state index in [4.69, 9.17) is 4.74 Å². The van der Waals surface area contributed by atoms with Gasteiger partial charge >= 0.3 is 0 Å². The lowest BCUT2D eigenvalue weighted by atomic mass is 10.2. The second-order valence-electron chi connectivity index (χ2n) is 7.29. The fraction of sp³-hybridized carbons (Fsp3) is 0.160. The lowest BCUT2D eigenvalue weighted by Gasteiger charge is -2.09. The van der Waals surface area contributed by atoms with Crippen LogP contribution in [0, 0.1) is 5.82 Å². The smallest absolute Gasteiger partial charge is 0.282 e. The Kier molecular flexibility index (Phi) is 6.75. The van der Waals surface area contributed by atoms with Crippen LogP contribution in [0.4, 0.5) is 4.39 Å². The average Bonchev–Trinajstić information content (AvgIpc) is 2.79. The summed E-state index contributed by atoms with van der Waals surface area (Å²) in [5.41, 5.74) is 2.10. The van der Waals surface area contributed by atoms with E-state index in [2.05, 4.69) is 26.0 Å². The number of hydrogen-bond donors (Lipinski definition) is 0. The molecule has 0 unspecified atom stereocenters. The van der Waals surface area contributed by atoms with E-state index in [0.29, 0.717) is 35.5 Å². The Morgan fingerprint density at radius 1 is 1.12 bits per heavy atom. The maximum absolute atomic E-state index is 13.1. The van der Waals surface area contributed by atoms with Crippen LogP contribution >= 0.6 is 15.9 Å². The second kappa shape index (κ2) is 9.87. The summed E-state index contributed by atoms with van der Waals surface area (Å²) in [7, 11) is 0. The topological polar surface area (TPSA) is 56.5 Å². The third kappa shape index (κ3) is 5.11. The average molecular weight is 494 g/mol. The van der Waals surface area contributed by atoms with Gasteiger partial charge in [0.2, 0.25) is 0 Å². The molecule has 0 fully saturated rings. The number of nitrogens with zero attached hydrogens (tertiary/aromatic N) is 3. The normalized spacial score (nSPS) is 11.3. The van der Waals surface area contributed by atoms with Crippen LogP contribution in [0.3, 0.4) is 0 Å². The Morgan fingerprint density at radius 3 is 2.72 bits per heavy atom. The predicted molar refractivity (Wildman–Crippen MR) is 128 cm³/mol. The molecule has 162 valence electrons. The van der Waals surface area contributed by atoms with Gasteiger partial charge in [0.1, 0.15) is 24.0 Å². The summed E-state index contributed by atoms with van der Waals surface area (Å²) in [6.45, 7) is 2.36. The molecule has 1 heterocycles. The molecule has 32 heavy (non-hydrogen) atoms. The van der Waals surface area contributed by atoms with Gasteiger partial charge in [-0.15, -0.1) is 0 Å². The van der Waals surface area contributed by atoms with E-state index in [-0.39, 0.29) is 11.4 Å². The van der Waals surface area contributed by atoms with Gasteiger partial charge in [-0.05, 0) is 60.0 Å². The molecule has 5 nitrogen and oxygen atoms in total. The third-order valence-electron chi connectivity index (χ3n) is 4.85. The number of aromatic nitrogens is 2. The minimum Gasteiger partial charge on any atom is -0.489 e. The molecule has 0 bridgehead atoms. The number of aryl methyl sites for hydroxylation is 1. The van der Waals surface area contributed by atoms with E-state index < -0.39 is 0 Å². The molecule has 4 aromatic rings. The Morgan fingerprint density at radius 2 is 1.94 bits per heavy atom. The first-order valence-corrected chi connectivity index (χ1v) is 11.1. The zero-order valence-corrected chi connectivity index (χ0v) is 19.0. The van der Waals surface area contributed by atoms with E-state index in [9.17, 15) is 9.18 Å². The third-order valence-corrected chi connectivity index (χ3v) is 5.34. The molecule has 0 aliphatic rings. The molecule has 0 atom stereocenters. The van der Waals surface area contributed by atoms with Gasteiger partial charge in [-0.3, -0.25) is 4.79 Å². The highest BCUT2D eigenvalue weighted by atomic mass is 79.9. The van der Waals surface area contributed by atoms with Crippen molar-refractivity contribution in [3.05, 3.63) is 104 Å². The molecule has 0 spiro atoms. The predicted octanol–water partition coefficient (Wildman–Crippen LogP) is 5.71. The molecule has 0 aliphatic carbocycles. The second-order valence-corrected chi connectivity index (χ2v) is 8.20. The highest BCUT2D eigenvalue weighted by molar-refractivity contribution is 9.10. The molecule has 4 rings (SSSR count). The quantitative estimate of drug-likeness (QED) is 0.309. The SMILES string of the molecule is CCCc1nc2ccc(Br)cc2c(=O)n1N=Cc1cccc(OCc2ccc(F)cc2)c1. The van der Waals surface area contributed by atoms with Gasteiger partial charge in [0.25, 0.3) is 5.56 Å². The molecule has 0 radical (unpaired) electrons. The first kappa shape index (κ1) is 21.9. The van der Waals surface area contributed by atoms with Crippen molar-refractivity contribution >= 4 is 33.0 Å².